The Bertz CT molecular complexity index is 838. The first kappa shape index (κ1) is 21.3. The Morgan fingerprint density at radius 2 is 1.50 bits per heavy atom. The highest BCUT2D eigenvalue weighted by Gasteiger charge is 2.41. The highest BCUT2D eigenvalue weighted by molar-refractivity contribution is 6.22. The standard InChI is InChI=1S/C23H29N3O3.ClH/c27-21(25-10-8-16-13-24-14-17(16)9-11-25)15-6-7-19-20(12-15)23(29)26(22(19)28)18-4-2-1-3-5-18;/h6-7,12,16-18,24H,1-5,8-11,13-14H2;1H/t16-,17+;. The van der Waals surface area contributed by atoms with Gasteiger partial charge in [-0.3, -0.25) is 19.3 Å². The SMILES string of the molecule is Cl.O=C(c1ccc2c(c1)C(=O)N(C1CCCCC1)C2=O)N1CC[C@@H]2CNC[C@@H]2CC1. The molecule has 3 heterocycles. The van der Waals surface area contributed by atoms with Crippen molar-refractivity contribution in [3.05, 3.63) is 34.9 Å². The number of nitrogens with one attached hydrogen (secondary N) is 1. The van der Waals surface area contributed by atoms with Crippen LogP contribution in [-0.4, -0.2) is 59.7 Å². The molecule has 1 aliphatic carbocycles. The Morgan fingerprint density at radius 3 is 2.17 bits per heavy atom. The molecule has 7 heteroatoms. The van der Waals surface area contributed by atoms with E-state index >= 15 is 0 Å². The number of rotatable bonds is 2. The van der Waals surface area contributed by atoms with Gasteiger partial charge in [-0.25, -0.2) is 0 Å². The maximum Gasteiger partial charge on any atom is 0.261 e. The number of hydrogen-bond donors (Lipinski definition) is 1. The van der Waals surface area contributed by atoms with E-state index in [4.69, 9.17) is 0 Å². The van der Waals surface area contributed by atoms with E-state index < -0.39 is 0 Å². The molecule has 30 heavy (non-hydrogen) atoms. The molecule has 1 aromatic carbocycles. The summed E-state index contributed by atoms with van der Waals surface area (Å²) in [5.74, 6) is 0.901. The average molecular weight is 432 g/mol. The maximum atomic E-state index is 13.1. The van der Waals surface area contributed by atoms with Gasteiger partial charge in [0.15, 0.2) is 0 Å². The molecule has 3 amide bonds. The van der Waals surface area contributed by atoms with Gasteiger partial charge in [0, 0.05) is 24.7 Å². The lowest BCUT2D eigenvalue weighted by Crippen LogP contribution is -2.40. The minimum absolute atomic E-state index is 0. The minimum Gasteiger partial charge on any atom is -0.339 e. The molecule has 6 nitrogen and oxygen atoms in total. The minimum atomic E-state index is -0.219. The molecule has 0 radical (unpaired) electrons. The zero-order valence-electron chi connectivity index (χ0n) is 17.3. The second kappa shape index (κ2) is 8.67. The van der Waals surface area contributed by atoms with Crippen LogP contribution in [0.2, 0.25) is 0 Å². The Labute approximate surface area is 183 Å². The van der Waals surface area contributed by atoms with Crippen LogP contribution in [0.1, 0.15) is 76.0 Å². The Morgan fingerprint density at radius 1 is 0.867 bits per heavy atom. The third-order valence-electron chi connectivity index (χ3n) is 7.41. The number of amides is 3. The second-order valence-electron chi connectivity index (χ2n) is 9.08. The molecule has 2 saturated heterocycles. The molecule has 162 valence electrons. The second-order valence-corrected chi connectivity index (χ2v) is 9.08. The normalized spacial score (nSPS) is 26.8. The van der Waals surface area contributed by atoms with E-state index in [-0.39, 0.29) is 36.2 Å². The van der Waals surface area contributed by atoms with Crippen LogP contribution in [0.4, 0.5) is 0 Å². The maximum absolute atomic E-state index is 13.1. The van der Waals surface area contributed by atoms with Crippen molar-refractivity contribution in [3.63, 3.8) is 0 Å². The summed E-state index contributed by atoms with van der Waals surface area (Å²) in [6.07, 6.45) is 7.14. The van der Waals surface area contributed by atoms with Crippen molar-refractivity contribution in [3.8, 4) is 0 Å². The van der Waals surface area contributed by atoms with Crippen LogP contribution in [0.25, 0.3) is 0 Å². The highest BCUT2D eigenvalue weighted by Crippen LogP contribution is 2.32. The number of halogens is 1. The van der Waals surface area contributed by atoms with Crippen molar-refractivity contribution >= 4 is 30.1 Å². The molecule has 0 aromatic heterocycles. The lowest BCUT2D eigenvalue weighted by atomic mass is 9.92. The van der Waals surface area contributed by atoms with Crippen LogP contribution in [0.5, 0.6) is 0 Å². The summed E-state index contributed by atoms with van der Waals surface area (Å²) in [6.45, 7) is 3.64. The summed E-state index contributed by atoms with van der Waals surface area (Å²) in [5, 5.41) is 3.46. The largest absolute Gasteiger partial charge is 0.339 e. The van der Waals surface area contributed by atoms with Gasteiger partial charge in [-0.05, 0) is 68.8 Å². The first-order valence-corrected chi connectivity index (χ1v) is 11.2. The first-order chi connectivity index (χ1) is 14.1. The predicted molar refractivity (Wildman–Crippen MR) is 116 cm³/mol. The Hall–Kier alpha value is -1.92. The fraction of sp³-hybridized carbons (Fsp3) is 0.609. The number of likely N-dealkylation sites (tertiary alicyclic amines) is 1. The molecule has 3 aliphatic heterocycles. The van der Waals surface area contributed by atoms with Gasteiger partial charge in [0.2, 0.25) is 0 Å². The molecule has 0 bridgehead atoms. The summed E-state index contributed by atoms with van der Waals surface area (Å²) in [4.78, 5) is 42.4. The highest BCUT2D eigenvalue weighted by atomic mass is 35.5. The summed E-state index contributed by atoms with van der Waals surface area (Å²) in [6, 6.07) is 5.08. The van der Waals surface area contributed by atoms with E-state index in [0.29, 0.717) is 28.5 Å². The molecular formula is C23H30ClN3O3. The van der Waals surface area contributed by atoms with Gasteiger partial charge in [0.25, 0.3) is 17.7 Å². The van der Waals surface area contributed by atoms with Crippen LogP contribution < -0.4 is 5.32 Å². The van der Waals surface area contributed by atoms with E-state index in [2.05, 4.69) is 5.32 Å². The monoisotopic (exact) mass is 431 g/mol. The van der Waals surface area contributed by atoms with Gasteiger partial charge in [0.05, 0.1) is 11.1 Å². The van der Waals surface area contributed by atoms with Crippen molar-refractivity contribution in [2.24, 2.45) is 11.8 Å². The Balaban J connectivity index is 0.00000218. The van der Waals surface area contributed by atoms with E-state index in [1.807, 2.05) is 4.90 Å². The number of hydrogen-bond acceptors (Lipinski definition) is 4. The van der Waals surface area contributed by atoms with Gasteiger partial charge >= 0.3 is 0 Å². The summed E-state index contributed by atoms with van der Waals surface area (Å²) >= 11 is 0. The zero-order valence-corrected chi connectivity index (χ0v) is 18.1. The van der Waals surface area contributed by atoms with Gasteiger partial charge in [-0.15, -0.1) is 12.4 Å². The molecular weight excluding hydrogens is 402 g/mol. The van der Waals surface area contributed by atoms with Crippen molar-refractivity contribution in [1.29, 1.82) is 0 Å². The van der Waals surface area contributed by atoms with Crippen molar-refractivity contribution in [1.82, 2.24) is 15.1 Å². The van der Waals surface area contributed by atoms with Crippen LogP contribution in [0.15, 0.2) is 18.2 Å². The third-order valence-corrected chi connectivity index (χ3v) is 7.41. The molecule has 0 spiro atoms. The van der Waals surface area contributed by atoms with Crippen LogP contribution in [0.3, 0.4) is 0 Å². The van der Waals surface area contributed by atoms with Crippen molar-refractivity contribution in [2.75, 3.05) is 26.2 Å². The first-order valence-electron chi connectivity index (χ1n) is 11.2. The molecule has 2 atom stereocenters. The summed E-state index contributed by atoms with van der Waals surface area (Å²) in [7, 11) is 0. The number of imide groups is 1. The van der Waals surface area contributed by atoms with Gasteiger partial charge in [-0.2, -0.15) is 0 Å². The van der Waals surface area contributed by atoms with E-state index in [0.717, 1.165) is 64.7 Å². The van der Waals surface area contributed by atoms with Crippen molar-refractivity contribution < 1.29 is 14.4 Å². The number of carbonyl (C=O) groups is 3. The van der Waals surface area contributed by atoms with Gasteiger partial charge in [-0.1, -0.05) is 19.3 Å². The number of fused-ring (bicyclic) bond motifs is 2. The molecule has 4 aliphatic rings. The van der Waals surface area contributed by atoms with Gasteiger partial charge in [0.1, 0.15) is 0 Å². The molecule has 5 rings (SSSR count). The quantitative estimate of drug-likeness (QED) is 0.730. The zero-order chi connectivity index (χ0) is 20.0. The van der Waals surface area contributed by atoms with Crippen LogP contribution in [-0.2, 0) is 0 Å². The summed E-state index contributed by atoms with van der Waals surface area (Å²) in [5.41, 5.74) is 1.39. The fourth-order valence-corrected chi connectivity index (χ4v) is 5.67. The summed E-state index contributed by atoms with van der Waals surface area (Å²) < 4.78 is 0. The third kappa shape index (κ3) is 3.65. The van der Waals surface area contributed by atoms with Crippen LogP contribution in [0, 0.1) is 11.8 Å². The molecule has 1 saturated carbocycles. The number of benzene rings is 1. The predicted octanol–water partition coefficient (Wildman–Crippen LogP) is 3.11. The lowest BCUT2D eigenvalue weighted by molar-refractivity contribution is 0.0548. The topological polar surface area (TPSA) is 69.7 Å². The lowest BCUT2D eigenvalue weighted by Gasteiger charge is -2.29. The van der Waals surface area contributed by atoms with Gasteiger partial charge < -0.3 is 10.2 Å². The van der Waals surface area contributed by atoms with E-state index in [1.165, 1.54) is 11.3 Å². The molecule has 1 aromatic rings. The van der Waals surface area contributed by atoms with Crippen molar-refractivity contribution in [2.45, 2.75) is 51.0 Å². The smallest absolute Gasteiger partial charge is 0.261 e. The number of carbonyl (C=O) groups excluding carboxylic acids is 3. The number of nitrogens with zero attached hydrogens (tertiary/aromatic N) is 2. The molecule has 0 unspecified atom stereocenters. The Kier molecular flexibility index (Phi) is 6.16. The van der Waals surface area contributed by atoms with Crippen LogP contribution >= 0.6 is 12.4 Å². The van der Waals surface area contributed by atoms with E-state index in [1.54, 1.807) is 18.2 Å². The van der Waals surface area contributed by atoms with E-state index in [9.17, 15) is 14.4 Å². The fourth-order valence-electron chi connectivity index (χ4n) is 5.67. The molecule has 1 N–H and O–H groups in total. The average Bonchev–Trinajstić information content (AvgIpc) is 3.23. The molecule has 3 fully saturated rings.